The topological polar surface area (TPSA) is 44.8 Å². The van der Waals surface area contributed by atoms with Crippen LogP contribution in [0.15, 0.2) is 36.5 Å². The number of pyridine rings is 1. The quantitative estimate of drug-likeness (QED) is 0.792. The van der Waals surface area contributed by atoms with Crippen LogP contribution in [0, 0.1) is 6.92 Å². The Balaban J connectivity index is 1.68. The van der Waals surface area contributed by atoms with Crippen molar-refractivity contribution in [1.29, 1.82) is 0 Å². The number of nitrogens with one attached hydrogen (secondary N) is 1. The molecule has 1 saturated heterocycles. The zero-order chi connectivity index (χ0) is 15.8. The Morgan fingerprint density at radius 1 is 1.13 bits per heavy atom. The van der Waals surface area contributed by atoms with Crippen molar-refractivity contribution in [3.63, 3.8) is 0 Å². The summed E-state index contributed by atoms with van der Waals surface area (Å²) in [5.41, 5.74) is 5.52. The van der Waals surface area contributed by atoms with Gasteiger partial charge in [-0.1, -0.05) is 18.2 Å². The van der Waals surface area contributed by atoms with Crippen LogP contribution >= 0.6 is 0 Å². The molecule has 23 heavy (non-hydrogen) atoms. The van der Waals surface area contributed by atoms with Crippen LogP contribution in [0.2, 0.25) is 0 Å². The highest BCUT2D eigenvalue weighted by molar-refractivity contribution is 5.78. The molecule has 4 rings (SSSR count). The summed E-state index contributed by atoms with van der Waals surface area (Å²) in [6.07, 6.45) is 4.57. The summed E-state index contributed by atoms with van der Waals surface area (Å²) < 4.78 is 0. The zero-order valence-corrected chi connectivity index (χ0v) is 13.7. The monoisotopic (exact) mass is 306 g/mol. The molecule has 4 heteroatoms. The van der Waals surface area contributed by atoms with Crippen molar-refractivity contribution >= 4 is 11.2 Å². The number of likely N-dealkylation sites (tertiary alicyclic amines) is 1. The van der Waals surface area contributed by atoms with E-state index in [0.29, 0.717) is 6.04 Å². The van der Waals surface area contributed by atoms with Gasteiger partial charge in [-0.05, 0) is 63.0 Å². The largest absolute Gasteiger partial charge is 0.341 e. The Kier molecular flexibility index (Phi) is 3.62. The number of aromatic amines is 1. The smallest absolute Gasteiger partial charge is 0.177 e. The van der Waals surface area contributed by atoms with Crippen molar-refractivity contribution < 1.29 is 0 Å². The maximum Gasteiger partial charge on any atom is 0.177 e. The fourth-order valence-electron chi connectivity index (χ4n) is 3.50. The molecule has 1 N–H and O–H groups in total. The van der Waals surface area contributed by atoms with Gasteiger partial charge in [0, 0.05) is 17.8 Å². The zero-order valence-electron chi connectivity index (χ0n) is 13.7. The number of benzene rings is 1. The van der Waals surface area contributed by atoms with Crippen LogP contribution in [-0.4, -0.2) is 32.9 Å². The van der Waals surface area contributed by atoms with Crippen LogP contribution in [0.5, 0.6) is 0 Å². The fraction of sp³-hybridized carbons (Fsp3) is 0.368. The Morgan fingerprint density at radius 2 is 1.96 bits per heavy atom. The van der Waals surface area contributed by atoms with Gasteiger partial charge >= 0.3 is 0 Å². The van der Waals surface area contributed by atoms with E-state index in [0.717, 1.165) is 22.6 Å². The van der Waals surface area contributed by atoms with Gasteiger partial charge in [-0.3, -0.25) is 4.90 Å². The van der Waals surface area contributed by atoms with Crippen molar-refractivity contribution in [1.82, 2.24) is 19.9 Å². The van der Waals surface area contributed by atoms with Crippen molar-refractivity contribution in [3.05, 3.63) is 47.9 Å². The first kappa shape index (κ1) is 14.4. The molecule has 2 aromatic heterocycles. The summed E-state index contributed by atoms with van der Waals surface area (Å²) in [5, 5.41) is 0. The van der Waals surface area contributed by atoms with E-state index < -0.39 is 0 Å². The number of aromatic nitrogens is 3. The van der Waals surface area contributed by atoms with E-state index in [-0.39, 0.29) is 0 Å². The molecule has 1 aliphatic rings. The van der Waals surface area contributed by atoms with E-state index in [4.69, 9.17) is 0 Å². The van der Waals surface area contributed by atoms with E-state index in [1.807, 2.05) is 13.1 Å². The predicted octanol–water partition coefficient (Wildman–Crippen LogP) is 4.09. The van der Waals surface area contributed by atoms with E-state index in [1.165, 1.54) is 37.1 Å². The lowest BCUT2D eigenvalue weighted by Gasteiger charge is -2.24. The predicted molar refractivity (Wildman–Crippen MR) is 93.3 cm³/mol. The molecule has 0 saturated carbocycles. The molecule has 3 heterocycles. The molecule has 1 fully saturated rings. The van der Waals surface area contributed by atoms with Gasteiger partial charge in [0.15, 0.2) is 5.65 Å². The minimum Gasteiger partial charge on any atom is -0.341 e. The summed E-state index contributed by atoms with van der Waals surface area (Å²) in [7, 11) is 0. The first-order valence-corrected chi connectivity index (χ1v) is 8.37. The number of hydrogen-bond acceptors (Lipinski definition) is 3. The van der Waals surface area contributed by atoms with E-state index in [1.54, 1.807) is 0 Å². The third-order valence-electron chi connectivity index (χ3n) is 4.85. The van der Waals surface area contributed by atoms with Crippen molar-refractivity contribution in [2.24, 2.45) is 0 Å². The average molecular weight is 306 g/mol. The third kappa shape index (κ3) is 2.75. The Labute approximate surface area is 136 Å². The SMILES string of the molecule is Cc1nc2ncc(-c3cccc([C@@H](C)N4CCCC4)c3)cc2[nH]1. The molecular formula is C19H22N4. The van der Waals surface area contributed by atoms with E-state index in [2.05, 4.69) is 57.1 Å². The lowest BCUT2D eigenvalue weighted by Crippen LogP contribution is -2.23. The Bertz CT molecular complexity index is 830. The van der Waals surface area contributed by atoms with E-state index >= 15 is 0 Å². The lowest BCUT2D eigenvalue weighted by molar-refractivity contribution is 0.263. The maximum absolute atomic E-state index is 4.48. The summed E-state index contributed by atoms with van der Waals surface area (Å²) in [6.45, 7) is 6.70. The number of rotatable bonds is 3. The number of aryl methyl sites for hydroxylation is 1. The normalized spacial score (nSPS) is 17.0. The van der Waals surface area contributed by atoms with Gasteiger partial charge < -0.3 is 4.98 Å². The second-order valence-electron chi connectivity index (χ2n) is 6.46. The number of fused-ring (bicyclic) bond motifs is 1. The molecule has 0 amide bonds. The Morgan fingerprint density at radius 3 is 2.78 bits per heavy atom. The molecule has 0 radical (unpaired) electrons. The molecule has 0 unspecified atom stereocenters. The molecule has 4 nitrogen and oxygen atoms in total. The van der Waals surface area contributed by atoms with Crippen molar-refractivity contribution in [2.45, 2.75) is 32.7 Å². The highest BCUT2D eigenvalue weighted by Crippen LogP contribution is 2.29. The number of H-pyrrole nitrogens is 1. The first-order valence-electron chi connectivity index (χ1n) is 8.37. The van der Waals surface area contributed by atoms with Gasteiger partial charge in [0.25, 0.3) is 0 Å². The summed E-state index contributed by atoms with van der Waals surface area (Å²) >= 11 is 0. The molecule has 1 aromatic carbocycles. The van der Waals surface area contributed by atoms with Crippen LogP contribution in [0.3, 0.4) is 0 Å². The molecular weight excluding hydrogens is 284 g/mol. The second kappa shape index (κ2) is 5.78. The van der Waals surface area contributed by atoms with Crippen LogP contribution < -0.4 is 0 Å². The third-order valence-corrected chi connectivity index (χ3v) is 4.85. The molecule has 3 aromatic rings. The van der Waals surface area contributed by atoms with Gasteiger partial charge in [0.2, 0.25) is 0 Å². The average Bonchev–Trinajstić information content (AvgIpc) is 3.22. The number of nitrogens with zero attached hydrogens (tertiary/aromatic N) is 3. The summed E-state index contributed by atoms with van der Waals surface area (Å²) in [6, 6.07) is 11.5. The summed E-state index contributed by atoms with van der Waals surface area (Å²) in [4.78, 5) is 14.7. The highest BCUT2D eigenvalue weighted by Gasteiger charge is 2.19. The molecule has 1 atom stereocenters. The first-order chi connectivity index (χ1) is 11.2. The van der Waals surface area contributed by atoms with Crippen LogP contribution in [-0.2, 0) is 0 Å². The number of hydrogen-bond donors (Lipinski definition) is 1. The number of imidazole rings is 1. The highest BCUT2D eigenvalue weighted by atomic mass is 15.2. The maximum atomic E-state index is 4.48. The van der Waals surface area contributed by atoms with Crippen molar-refractivity contribution in [2.75, 3.05) is 13.1 Å². The van der Waals surface area contributed by atoms with Gasteiger partial charge in [-0.2, -0.15) is 0 Å². The molecule has 0 spiro atoms. The standard InChI is InChI=1S/C19H22N4/c1-13(23-8-3-4-9-23)15-6-5-7-16(10-15)17-11-18-19(20-12-17)22-14(2)21-18/h5-7,10-13H,3-4,8-9H2,1-2H3,(H,20,21,22)/t13-/m1/s1. The Hall–Kier alpha value is -2.20. The van der Waals surface area contributed by atoms with Crippen LogP contribution in [0.4, 0.5) is 0 Å². The van der Waals surface area contributed by atoms with Crippen molar-refractivity contribution in [3.8, 4) is 11.1 Å². The lowest BCUT2D eigenvalue weighted by atomic mass is 10.0. The van der Waals surface area contributed by atoms with Gasteiger partial charge in [0.1, 0.15) is 5.82 Å². The van der Waals surface area contributed by atoms with E-state index in [9.17, 15) is 0 Å². The van der Waals surface area contributed by atoms with Gasteiger partial charge in [0.05, 0.1) is 5.52 Å². The minimum absolute atomic E-state index is 0.475. The van der Waals surface area contributed by atoms with Crippen LogP contribution in [0.1, 0.15) is 37.2 Å². The van der Waals surface area contributed by atoms with Crippen LogP contribution in [0.25, 0.3) is 22.3 Å². The van der Waals surface area contributed by atoms with Gasteiger partial charge in [-0.15, -0.1) is 0 Å². The molecule has 1 aliphatic heterocycles. The molecule has 0 bridgehead atoms. The second-order valence-corrected chi connectivity index (χ2v) is 6.46. The molecule has 0 aliphatic carbocycles. The minimum atomic E-state index is 0.475. The van der Waals surface area contributed by atoms with Gasteiger partial charge in [-0.25, -0.2) is 9.97 Å². The summed E-state index contributed by atoms with van der Waals surface area (Å²) in [5.74, 6) is 0.904. The fourth-order valence-corrected chi connectivity index (χ4v) is 3.50. The molecule has 118 valence electrons.